The molecular formula is C26H22ClF2N3O. The van der Waals surface area contributed by atoms with Crippen molar-refractivity contribution in [3.8, 4) is 11.4 Å². The zero-order chi connectivity index (χ0) is 23.3. The topological polar surface area (TPSA) is 37.6 Å². The third kappa shape index (κ3) is 3.68. The number of nitrogens with zero attached hydrogens (tertiary/aromatic N) is 3. The van der Waals surface area contributed by atoms with Gasteiger partial charge in [-0.15, -0.1) is 11.6 Å². The van der Waals surface area contributed by atoms with Gasteiger partial charge in [-0.05, 0) is 60.0 Å². The van der Waals surface area contributed by atoms with E-state index in [0.717, 1.165) is 33.6 Å². The Kier molecular flexibility index (Phi) is 5.20. The number of hydrogen-bond donors (Lipinski definition) is 0. The maximum Gasteiger partial charge on any atom is 0.241 e. The zero-order valence-corrected chi connectivity index (χ0v) is 19.0. The molecule has 0 bridgehead atoms. The highest BCUT2D eigenvalue weighted by Crippen LogP contribution is 2.44. The van der Waals surface area contributed by atoms with E-state index in [0.29, 0.717) is 18.8 Å². The quantitative estimate of drug-likeness (QED) is 0.361. The Morgan fingerprint density at radius 3 is 2.33 bits per heavy atom. The maximum atomic E-state index is 13.6. The minimum absolute atomic E-state index is 0.115. The normalized spacial score (nSPS) is 14.6. The van der Waals surface area contributed by atoms with Crippen LogP contribution in [-0.4, -0.2) is 27.7 Å². The molecule has 0 atom stereocenters. The third-order valence-electron chi connectivity index (χ3n) is 6.18. The first-order valence-corrected chi connectivity index (χ1v) is 11.2. The van der Waals surface area contributed by atoms with Gasteiger partial charge in [0.2, 0.25) is 5.91 Å². The Morgan fingerprint density at radius 2 is 1.70 bits per heavy atom. The molecular weight excluding hydrogens is 444 g/mol. The van der Waals surface area contributed by atoms with Gasteiger partial charge in [0.15, 0.2) is 0 Å². The molecule has 4 nitrogen and oxygen atoms in total. The van der Waals surface area contributed by atoms with Gasteiger partial charge in [-0.3, -0.25) is 9.20 Å². The van der Waals surface area contributed by atoms with Gasteiger partial charge in [-0.2, -0.15) is 0 Å². The highest BCUT2D eigenvalue weighted by Gasteiger charge is 2.41. The molecule has 3 heterocycles. The summed E-state index contributed by atoms with van der Waals surface area (Å²) in [7, 11) is 0. The fourth-order valence-electron chi connectivity index (χ4n) is 4.70. The second-order valence-corrected chi connectivity index (χ2v) is 9.28. The Labute approximate surface area is 195 Å². The Bertz CT molecular complexity index is 1360. The van der Waals surface area contributed by atoms with Gasteiger partial charge in [-0.25, -0.2) is 13.8 Å². The highest BCUT2D eigenvalue weighted by molar-refractivity contribution is 6.29. The van der Waals surface area contributed by atoms with Crippen molar-refractivity contribution >= 4 is 28.7 Å². The molecule has 168 valence electrons. The van der Waals surface area contributed by atoms with Gasteiger partial charge in [0.1, 0.15) is 23.3 Å². The molecule has 4 aromatic rings. The van der Waals surface area contributed by atoms with Crippen LogP contribution in [0, 0.1) is 11.6 Å². The van der Waals surface area contributed by atoms with Crippen LogP contribution in [0.2, 0.25) is 0 Å². The molecule has 1 aliphatic rings. The molecule has 0 fully saturated rings. The standard InChI is InChI=1S/C26H22ClF2N3O/c1-26(2)15-31(23(33)13-27)21-12-18(11-16-3-7-19(28)8-4-16)22-14-30-25(32(22)24(21)26)17-5-9-20(29)10-6-17/h3-10,12,14H,11,13,15H2,1-2H3. The van der Waals surface area contributed by atoms with Crippen molar-refractivity contribution in [1.29, 1.82) is 0 Å². The highest BCUT2D eigenvalue weighted by atomic mass is 35.5. The number of hydrogen-bond acceptors (Lipinski definition) is 2. The van der Waals surface area contributed by atoms with Gasteiger partial charge in [0.25, 0.3) is 0 Å². The van der Waals surface area contributed by atoms with E-state index >= 15 is 0 Å². The number of carbonyl (C=O) groups is 1. The molecule has 33 heavy (non-hydrogen) atoms. The van der Waals surface area contributed by atoms with Crippen LogP contribution >= 0.6 is 11.6 Å². The molecule has 0 N–H and O–H groups in total. The van der Waals surface area contributed by atoms with E-state index in [9.17, 15) is 13.6 Å². The van der Waals surface area contributed by atoms with E-state index in [1.54, 1.807) is 35.4 Å². The molecule has 0 radical (unpaired) electrons. The second kappa shape index (κ2) is 7.96. The molecule has 2 aromatic carbocycles. The SMILES string of the molecule is CC1(C)CN(C(=O)CCl)c2cc(Cc3ccc(F)cc3)c3cnc(-c4ccc(F)cc4)n3c21. The smallest absolute Gasteiger partial charge is 0.241 e. The van der Waals surface area contributed by atoms with Crippen LogP contribution in [0.15, 0.2) is 60.8 Å². The van der Waals surface area contributed by atoms with Crippen LogP contribution in [0.3, 0.4) is 0 Å². The van der Waals surface area contributed by atoms with Gasteiger partial charge in [-0.1, -0.05) is 26.0 Å². The van der Waals surface area contributed by atoms with Crippen molar-refractivity contribution in [3.63, 3.8) is 0 Å². The molecule has 1 amide bonds. The summed E-state index contributed by atoms with van der Waals surface area (Å²) in [6, 6.07) is 14.6. The van der Waals surface area contributed by atoms with E-state index in [1.165, 1.54) is 24.3 Å². The summed E-state index contributed by atoms with van der Waals surface area (Å²) in [6.45, 7) is 4.66. The summed E-state index contributed by atoms with van der Waals surface area (Å²) < 4.78 is 29.1. The fourth-order valence-corrected chi connectivity index (χ4v) is 4.84. The molecule has 0 aliphatic carbocycles. The van der Waals surface area contributed by atoms with Crippen LogP contribution in [-0.2, 0) is 16.6 Å². The van der Waals surface area contributed by atoms with Gasteiger partial charge >= 0.3 is 0 Å². The van der Waals surface area contributed by atoms with E-state index in [2.05, 4.69) is 18.2 Å². The first-order valence-electron chi connectivity index (χ1n) is 10.7. The molecule has 2 aromatic heterocycles. The van der Waals surface area contributed by atoms with Gasteiger partial charge in [0, 0.05) is 17.5 Å². The summed E-state index contributed by atoms with van der Waals surface area (Å²) in [4.78, 5) is 19.1. The lowest BCUT2D eigenvalue weighted by Crippen LogP contribution is -2.34. The number of alkyl halides is 1. The average molecular weight is 466 g/mol. The van der Waals surface area contributed by atoms with Crippen LogP contribution in [0.25, 0.3) is 16.9 Å². The van der Waals surface area contributed by atoms with E-state index < -0.39 is 0 Å². The number of benzene rings is 2. The Morgan fingerprint density at radius 1 is 1.06 bits per heavy atom. The molecule has 0 spiro atoms. The molecule has 7 heteroatoms. The van der Waals surface area contributed by atoms with Crippen molar-refractivity contribution in [1.82, 2.24) is 9.38 Å². The van der Waals surface area contributed by atoms with Crippen molar-refractivity contribution in [2.45, 2.75) is 25.7 Å². The summed E-state index contributed by atoms with van der Waals surface area (Å²) in [5.74, 6) is -0.216. The van der Waals surface area contributed by atoms with Gasteiger partial charge < -0.3 is 4.90 Å². The number of amides is 1. The Balaban J connectivity index is 1.78. The molecule has 0 saturated heterocycles. The maximum absolute atomic E-state index is 13.6. The van der Waals surface area contributed by atoms with Gasteiger partial charge in [0.05, 0.1) is 23.1 Å². The number of halogens is 3. The number of pyridine rings is 1. The van der Waals surface area contributed by atoms with Crippen LogP contribution in [0.4, 0.5) is 14.5 Å². The number of anilines is 1. The zero-order valence-electron chi connectivity index (χ0n) is 18.3. The van der Waals surface area contributed by atoms with Crippen molar-refractivity contribution in [2.75, 3.05) is 17.3 Å². The van der Waals surface area contributed by atoms with Crippen molar-refractivity contribution < 1.29 is 13.6 Å². The largest absolute Gasteiger partial charge is 0.309 e. The third-order valence-corrected chi connectivity index (χ3v) is 6.41. The van der Waals surface area contributed by atoms with E-state index in [4.69, 9.17) is 16.6 Å². The lowest BCUT2D eigenvalue weighted by atomic mass is 9.90. The number of imidazole rings is 1. The predicted molar refractivity (Wildman–Crippen MR) is 126 cm³/mol. The number of aromatic nitrogens is 2. The second-order valence-electron chi connectivity index (χ2n) is 9.01. The molecule has 1 aliphatic heterocycles. The number of fused-ring (bicyclic) bond motifs is 3. The first-order chi connectivity index (χ1) is 15.8. The fraction of sp³-hybridized carbons (Fsp3) is 0.231. The number of carbonyl (C=O) groups excluding carboxylic acids is 1. The lowest BCUT2D eigenvalue weighted by Gasteiger charge is -2.21. The average Bonchev–Trinajstić information content (AvgIpc) is 3.34. The predicted octanol–water partition coefficient (Wildman–Crippen LogP) is 5.73. The summed E-state index contributed by atoms with van der Waals surface area (Å²) in [5, 5.41) is 0. The van der Waals surface area contributed by atoms with Crippen molar-refractivity contribution in [2.24, 2.45) is 0 Å². The lowest BCUT2D eigenvalue weighted by molar-refractivity contribution is -0.116. The first kappa shape index (κ1) is 21.6. The van der Waals surface area contributed by atoms with Crippen molar-refractivity contribution in [3.05, 3.63) is 89.2 Å². The van der Waals surface area contributed by atoms with E-state index in [1.807, 2.05) is 6.07 Å². The minimum Gasteiger partial charge on any atom is -0.309 e. The van der Waals surface area contributed by atoms with Crippen LogP contribution < -0.4 is 4.90 Å². The Hall–Kier alpha value is -3.25. The number of rotatable bonds is 4. The summed E-state index contributed by atoms with van der Waals surface area (Å²) in [5.41, 5.74) is 4.94. The summed E-state index contributed by atoms with van der Waals surface area (Å²) in [6.07, 6.45) is 2.34. The molecule has 0 unspecified atom stereocenters. The monoisotopic (exact) mass is 465 g/mol. The minimum atomic E-state index is -0.362. The van der Waals surface area contributed by atoms with Crippen LogP contribution in [0.1, 0.15) is 30.7 Å². The molecule has 0 saturated carbocycles. The summed E-state index contributed by atoms with van der Waals surface area (Å²) >= 11 is 5.93. The molecule has 5 rings (SSSR count). The van der Waals surface area contributed by atoms with Crippen LogP contribution in [0.5, 0.6) is 0 Å². The van der Waals surface area contributed by atoms with E-state index in [-0.39, 0.29) is 28.8 Å².